The number of benzene rings is 1. The van der Waals surface area contributed by atoms with Crippen LogP contribution >= 0.6 is 11.8 Å². The van der Waals surface area contributed by atoms with Gasteiger partial charge < -0.3 is 4.74 Å². The molecule has 0 radical (unpaired) electrons. The number of ether oxygens (including phenoxy) is 1. The zero-order valence-corrected chi connectivity index (χ0v) is 19.8. The number of aromatic nitrogens is 3. The standard InChI is InChI=1S/C20H32N4O3S2/c1-7-23(8-2)29(25,26)18-11-9-10-17(12-18)19-21-22-20(28-14-15(3)4)24(19)16(5)13-27-6/h9-12,15-16H,7-8,13-14H2,1-6H3. The van der Waals surface area contributed by atoms with Crippen molar-refractivity contribution in [2.24, 2.45) is 5.92 Å². The number of hydrogen-bond donors (Lipinski definition) is 0. The van der Waals surface area contributed by atoms with E-state index in [4.69, 9.17) is 4.74 Å². The molecule has 2 aromatic rings. The summed E-state index contributed by atoms with van der Waals surface area (Å²) >= 11 is 1.65. The molecule has 29 heavy (non-hydrogen) atoms. The van der Waals surface area contributed by atoms with Crippen LogP contribution in [0.25, 0.3) is 11.4 Å². The zero-order valence-electron chi connectivity index (χ0n) is 18.1. The number of sulfonamides is 1. The van der Waals surface area contributed by atoms with Crippen molar-refractivity contribution in [3.8, 4) is 11.4 Å². The van der Waals surface area contributed by atoms with E-state index in [0.29, 0.717) is 31.4 Å². The molecule has 1 unspecified atom stereocenters. The van der Waals surface area contributed by atoms with Crippen LogP contribution in [-0.2, 0) is 14.8 Å². The van der Waals surface area contributed by atoms with E-state index >= 15 is 0 Å². The molecule has 9 heteroatoms. The van der Waals surface area contributed by atoms with E-state index in [-0.39, 0.29) is 10.9 Å². The lowest BCUT2D eigenvalue weighted by Crippen LogP contribution is -2.30. The molecule has 1 aromatic carbocycles. The summed E-state index contributed by atoms with van der Waals surface area (Å²) in [6.07, 6.45) is 0. The van der Waals surface area contributed by atoms with Crippen LogP contribution in [0.4, 0.5) is 0 Å². The van der Waals surface area contributed by atoms with E-state index in [1.165, 1.54) is 4.31 Å². The highest BCUT2D eigenvalue weighted by Gasteiger charge is 2.24. The molecule has 0 aliphatic rings. The Morgan fingerprint density at radius 3 is 2.45 bits per heavy atom. The Bertz CT molecular complexity index is 893. The molecule has 0 aliphatic heterocycles. The lowest BCUT2D eigenvalue weighted by atomic mass is 10.2. The normalized spacial score (nSPS) is 13.4. The van der Waals surface area contributed by atoms with Crippen molar-refractivity contribution in [2.45, 2.75) is 50.7 Å². The Morgan fingerprint density at radius 2 is 1.86 bits per heavy atom. The monoisotopic (exact) mass is 440 g/mol. The average Bonchev–Trinajstić information content (AvgIpc) is 3.11. The zero-order chi connectivity index (χ0) is 21.6. The molecular weight excluding hydrogens is 408 g/mol. The Balaban J connectivity index is 2.51. The molecule has 2 rings (SSSR count). The highest BCUT2D eigenvalue weighted by Crippen LogP contribution is 2.30. The number of methoxy groups -OCH3 is 1. The quantitative estimate of drug-likeness (QED) is 0.493. The average molecular weight is 441 g/mol. The smallest absolute Gasteiger partial charge is 0.243 e. The molecule has 0 saturated carbocycles. The van der Waals surface area contributed by atoms with Crippen LogP contribution in [-0.4, -0.2) is 60.0 Å². The summed E-state index contributed by atoms with van der Waals surface area (Å²) in [5.41, 5.74) is 0.727. The highest BCUT2D eigenvalue weighted by molar-refractivity contribution is 7.99. The van der Waals surface area contributed by atoms with Gasteiger partial charge in [0.1, 0.15) is 0 Å². The first kappa shape index (κ1) is 23.9. The van der Waals surface area contributed by atoms with Crippen LogP contribution in [0.15, 0.2) is 34.3 Å². The molecule has 1 aromatic heterocycles. The van der Waals surface area contributed by atoms with Gasteiger partial charge in [-0.1, -0.05) is 51.6 Å². The van der Waals surface area contributed by atoms with Crippen molar-refractivity contribution >= 4 is 21.8 Å². The van der Waals surface area contributed by atoms with E-state index in [9.17, 15) is 8.42 Å². The maximum absolute atomic E-state index is 12.9. The van der Waals surface area contributed by atoms with Gasteiger partial charge in [0.15, 0.2) is 11.0 Å². The number of nitrogens with zero attached hydrogens (tertiary/aromatic N) is 4. The van der Waals surface area contributed by atoms with Gasteiger partial charge >= 0.3 is 0 Å². The van der Waals surface area contributed by atoms with Crippen LogP contribution in [0.3, 0.4) is 0 Å². The first-order valence-electron chi connectivity index (χ1n) is 9.93. The van der Waals surface area contributed by atoms with Crippen molar-refractivity contribution in [3.05, 3.63) is 24.3 Å². The fourth-order valence-corrected chi connectivity index (χ4v) is 5.53. The minimum Gasteiger partial charge on any atom is -0.383 e. The van der Waals surface area contributed by atoms with Crippen LogP contribution in [0.5, 0.6) is 0 Å². The molecule has 0 N–H and O–H groups in total. The largest absolute Gasteiger partial charge is 0.383 e. The third-order valence-corrected chi connectivity index (χ3v) is 7.91. The predicted molar refractivity (Wildman–Crippen MR) is 118 cm³/mol. The summed E-state index contributed by atoms with van der Waals surface area (Å²) in [6, 6.07) is 6.96. The highest BCUT2D eigenvalue weighted by atomic mass is 32.2. The minimum atomic E-state index is -3.54. The van der Waals surface area contributed by atoms with Crippen molar-refractivity contribution in [2.75, 3.05) is 32.6 Å². The minimum absolute atomic E-state index is 0.0164. The second kappa shape index (κ2) is 10.6. The van der Waals surface area contributed by atoms with Gasteiger partial charge in [0.2, 0.25) is 10.0 Å². The van der Waals surface area contributed by atoms with Crippen LogP contribution in [0.1, 0.15) is 40.7 Å². The van der Waals surface area contributed by atoms with Crippen LogP contribution in [0.2, 0.25) is 0 Å². The molecule has 0 fully saturated rings. The van der Waals surface area contributed by atoms with Gasteiger partial charge in [-0.25, -0.2) is 8.42 Å². The van der Waals surface area contributed by atoms with Crippen LogP contribution < -0.4 is 0 Å². The molecule has 7 nitrogen and oxygen atoms in total. The van der Waals surface area contributed by atoms with Gasteiger partial charge in [0.25, 0.3) is 0 Å². The first-order chi connectivity index (χ1) is 13.8. The maximum Gasteiger partial charge on any atom is 0.243 e. The second-order valence-corrected chi connectivity index (χ2v) is 10.2. The van der Waals surface area contributed by atoms with E-state index in [2.05, 4.69) is 24.0 Å². The third kappa shape index (κ3) is 5.59. The molecule has 0 spiro atoms. The fourth-order valence-electron chi connectivity index (χ4n) is 3.03. The van der Waals surface area contributed by atoms with E-state index in [0.717, 1.165) is 16.5 Å². The topological polar surface area (TPSA) is 77.3 Å². The Labute approximate surface area is 178 Å². The third-order valence-electron chi connectivity index (χ3n) is 4.49. The van der Waals surface area contributed by atoms with Crippen LogP contribution in [0, 0.1) is 5.92 Å². The lowest BCUT2D eigenvalue weighted by Gasteiger charge is -2.20. The van der Waals surface area contributed by atoms with Gasteiger partial charge in [0.05, 0.1) is 17.5 Å². The molecule has 0 bridgehead atoms. The van der Waals surface area contributed by atoms with Gasteiger partial charge in [-0.2, -0.15) is 4.31 Å². The van der Waals surface area contributed by atoms with Gasteiger partial charge in [0, 0.05) is 31.5 Å². The number of hydrogen-bond acceptors (Lipinski definition) is 6. The predicted octanol–water partition coefficient (Wildman–Crippen LogP) is 3.93. The summed E-state index contributed by atoms with van der Waals surface area (Å²) in [5.74, 6) is 2.10. The van der Waals surface area contributed by atoms with Crippen molar-refractivity contribution in [1.82, 2.24) is 19.1 Å². The summed E-state index contributed by atoms with van der Waals surface area (Å²) < 4.78 is 34.7. The van der Waals surface area contributed by atoms with Crippen molar-refractivity contribution in [1.29, 1.82) is 0 Å². The molecule has 0 saturated heterocycles. The fraction of sp³-hybridized carbons (Fsp3) is 0.600. The Hall–Kier alpha value is -1.42. The van der Waals surface area contributed by atoms with E-state index < -0.39 is 10.0 Å². The Morgan fingerprint density at radius 1 is 1.17 bits per heavy atom. The lowest BCUT2D eigenvalue weighted by molar-refractivity contribution is 0.159. The number of thioether (sulfide) groups is 1. The van der Waals surface area contributed by atoms with E-state index in [1.54, 1.807) is 37.1 Å². The maximum atomic E-state index is 12.9. The van der Waals surface area contributed by atoms with Crippen molar-refractivity contribution in [3.63, 3.8) is 0 Å². The molecular formula is C20H32N4O3S2. The molecule has 0 aliphatic carbocycles. The summed E-state index contributed by atoms with van der Waals surface area (Å²) in [5, 5.41) is 9.61. The summed E-state index contributed by atoms with van der Waals surface area (Å²) in [4.78, 5) is 0.268. The first-order valence-corrected chi connectivity index (χ1v) is 12.4. The Kier molecular flexibility index (Phi) is 8.69. The molecule has 1 heterocycles. The van der Waals surface area contributed by atoms with Gasteiger partial charge in [-0.05, 0) is 25.0 Å². The van der Waals surface area contributed by atoms with Gasteiger partial charge in [-0.15, -0.1) is 10.2 Å². The summed E-state index contributed by atoms with van der Waals surface area (Å²) in [6.45, 7) is 11.4. The molecule has 0 amide bonds. The molecule has 162 valence electrons. The van der Waals surface area contributed by atoms with E-state index in [1.807, 2.05) is 31.4 Å². The summed E-state index contributed by atoms with van der Waals surface area (Å²) in [7, 11) is -1.88. The SMILES string of the molecule is CCN(CC)S(=O)(=O)c1cccc(-c2nnc(SCC(C)C)n2C(C)COC)c1. The molecule has 1 atom stereocenters. The second-order valence-electron chi connectivity index (χ2n) is 7.30. The number of rotatable bonds is 11. The van der Waals surface area contributed by atoms with Gasteiger partial charge in [-0.3, -0.25) is 4.57 Å². The van der Waals surface area contributed by atoms with Crippen molar-refractivity contribution < 1.29 is 13.2 Å².